The summed E-state index contributed by atoms with van der Waals surface area (Å²) in [6.45, 7) is 7.02. The van der Waals surface area contributed by atoms with Gasteiger partial charge in [-0.05, 0) is 38.5 Å². The van der Waals surface area contributed by atoms with Crippen molar-refractivity contribution in [2.24, 2.45) is 5.92 Å². The number of unbranched alkanes of at least 4 members (excludes halogenated alkanes) is 1. The lowest BCUT2D eigenvalue weighted by Gasteiger charge is -2.31. The Morgan fingerprint density at radius 1 is 1.12 bits per heavy atom. The summed E-state index contributed by atoms with van der Waals surface area (Å²) < 4.78 is 0. The summed E-state index contributed by atoms with van der Waals surface area (Å²) in [4.78, 5) is 0. The number of hydrogen-bond acceptors (Lipinski definition) is 1. The van der Waals surface area contributed by atoms with E-state index < -0.39 is 0 Å². The molecule has 0 aromatic carbocycles. The van der Waals surface area contributed by atoms with Crippen LogP contribution >= 0.6 is 0 Å². The summed E-state index contributed by atoms with van der Waals surface area (Å²) in [7, 11) is 0. The van der Waals surface area contributed by atoms with Crippen molar-refractivity contribution in [3.8, 4) is 0 Å². The summed E-state index contributed by atoms with van der Waals surface area (Å²) in [5.74, 6) is 0.949. The van der Waals surface area contributed by atoms with Gasteiger partial charge in [0.1, 0.15) is 0 Å². The molecule has 16 heavy (non-hydrogen) atoms. The van der Waals surface area contributed by atoms with Crippen molar-refractivity contribution in [1.29, 1.82) is 0 Å². The van der Waals surface area contributed by atoms with Crippen LogP contribution in [-0.2, 0) is 0 Å². The zero-order chi connectivity index (χ0) is 11.8. The minimum atomic E-state index is 0.738. The topological polar surface area (TPSA) is 12.0 Å². The third-order valence-electron chi connectivity index (χ3n) is 4.25. The summed E-state index contributed by atoms with van der Waals surface area (Å²) >= 11 is 0. The second kappa shape index (κ2) is 8.11. The van der Waals surface area contributed by atoms with Crippen LogP contribution in [0.3, 0.4) is 0 Å². The van der Waals surface area contributed by atoms with Gasteiger partial charge in [0.25, 0.3) is 0 Å². The minimum absolute atomic E-state index is 0.738. The highest BCUT2D eigenvalue weighted by Gasteiger charge is 2.21. The van der Waals surface area contributed by atoms with E-state index in [2.05, 4.69) is 26.1 Å². The Balaban J connectivity index is 2.26. The Labute approximate surface area is 102 Å². The van der Waals surface area contributed by atoms with Crippen molar-refractivity contribution in [2.75, 3.05) is 0 Å². The maximum atomic E-state index is 3.87. The molecule has 0 saturated heterocycles. The Morgan fingerprint density at radius 3 is 2.38 bits per heavy atom. The average molecular weight is 225 g/mol. The van der Waals surface area contributed by atoms with Crippen LogP contribution in [0, 0.1) is 5.92 Å². The monoisotopic (exact) mass is 225 g/mol. The van der Waals surface area contributed by atoms with Gasteiger partial charge >= 0.3 is 0 Å². The molecule has 0 bridgehead atoms. The zero-order valence-corrected chi connectivity index (χ0v) is 11.6. The average Bonchev–Trinajstić information content (AvgIpc) is 2.35. The van der Waals surface area contributed by atoms with E-state index in [1.54, 1.807) is 0 Å². The molecule has 0 amide bonds. The highest BCUT2D eigenvalue weighted by Crippen LogP contribution is 2.26. The van der Waals surface area contributed by atoms with E-state index in [0.29, 0.717) is 0 Å². The first-order chi connectivity index (χ1) is 7.77. The van der Waals surface area contributed by atoms with Gasteiger partial charge in [-0.1, -0.05) is 46.0 Å². The van der Waals surface area contributed by atoms with Crippen molar-refractivity contribution in [2.45, 2.75) is 90.6 Å². The van der Waals surface area contributed by atoms with Gasteiger partial charge in [0.2, 0.25) is 0 Å². The highest BCUT2D eigenvalue weighted by molar-refractivity contribution is 4.79. The van der Waals surface area contributed by atoms with Crippen LogP contribution < -0.4 is 5.32 Å². The van der Waals surface area contributed by atoms with Crippen LogP contribution in [-0.4, -0.2) is 12.1 Å². The van der Waals surface area contributed by atoms with Gasteiger partial charge in [-0.3, -0.25) is 0 Å². The van der Waals surface area contributed by atoms with Crippen LogP contribution in [0.1, 0.15) is 78.6 Å². The molecule has 96 valence electrons. The van der Waals surface area contributed by atoms with Gasteiger partial charge in [0, 0.05) is 12.1 Å². The lowest BCUT2D eigenvalue weighted by molar-refractivity contribution is 0.256. The van der Waals surface area contributed by atoms with Crippen LogP contribution in [0.2, 0.25) is 0 Å². The maximum Gasteiger partial charge on any atom is 0.00695 e. The van der Waals surface area contributed by atoms with Crippen molar-refractivity contribution >= 4 is 0 Å². The third kappa shape index (κ3) is 4.86. The van der Waals surface area contributed by atoms with Crippen LogP contribution in [0.25, 0.3) is 0 Å². The molecule has 0 radical (unpaired) electrons. The van der Waals surface area contributed by atoms with Crippen molar-refractivity contribution in [1.82, 2.24) is 5.32 Å². The van der Waals surface area contributed by atoms with E-state index in [-0.39, 0.29) is 0 Å². The maximum absolute atomic E-state index is 3.87. The molecule has 1 aliphatic carbocycles. The Kier molecular flexibility index (Phi) is 7.11. The van der Waals surface area contributed by atoms with Crippen LogP contribution in [0.4, 0.5) is 0 Å². The van der Waals surface area contributed by atoms with Gasteiger partial charge in [0.15, 0.2) is 0 Å². The standard InChI is InChI=1S/C15H31N/c1-4-6-12-15(5-2)16-13(3)14-10-8-7-9-11-14/h13-16H,4-12H2,1-3H3/t13-,15?/m0/s1. The molecule has 0 heterocycles. The molecule has 0 aliphatic heterocycles. The van der Waals surface area contributed by atoms with Gasteiger partial charge < -0.3 is 5.32 Å². The van der Waals surface area contributed by atoms with E-state index in [4.69, 9.17) is 0 Å². The lowest BCUT2D eigenvalue weighted by atomic mass is 9.84. The first-order valence-electron chi connectivity index (χ1n) is 7.54. The molecule has 2 atom stereocenters. The molecule has 0 aromatic heterocycles. The number of rotatable bonds is 7. The van der Waals surface area contributed by atoms with E-state index in [1.165, 1.54) is 57.8 Å². The number of nitrogens with one attached hydrogen (secondary N) is 1. The van der Waals surface area contributed by atoms with E-state index in [1.807, 2.05) is 0 Å². The van der Waals surface area contributed by atoms with Crippen LogP contribution in [0.5, 0.6) is 0 Å². The molecule has 1 aliphatic rings. The van der Waals surface area contributed by atoms with Gasteiger partial charge in [-0.15, -0.1) is 0 Å². The fourth-order valence-corrected chi connectivity index (χ4v) is 3.00. The fourth-order valence-electron chi connectivity index (χ4n) is 3.00. The van der Waals surface area contributed by atoms with Gasteiger partial charge in [0.05, 0.1) is 0 Å². The first kappa shape index (κ1) is 14.0. The molecular weight excluding hydrogens is 194 g/mol. The van der Waals surface area contributed by atoms with Gasteiger partial charge in [-0.25, -0.2) is 0 Å². The highest BCUT2D eigenvalue weighted by atomic mass is 14.9. The van der Waals surface area contributed by atoms with E-state index >= 15 is 0 Å². The second-order valence-electron chi connectivity index (χ2n) is 5.60. The van der Waals surface area contributed by atoms with Crippen molar-refractivity contribution in [3.63, 3.8) is 0 Å². The molecule has 1 heteroatoms. The Morgan fingerprint density at radius 2 is 1.81 bits per heavy atom. The molecule has 1 nitrogen and oxygen atoms in total. The summed E-state index contributed by atoms with van der Waals surface area (Å²) in [5.41, 5.74) is 0. The molecule has 0 spiro atoms. The Hall–Kier alpha value is -0.0400. The molecule has 1 unspecified atom stereocenters. The zero-order valence-electron chi connectivity index (χ0n) is 11.6. The summed E-state index contributed by atoms with van der Waals surface area (Å²) in [6, 6.07) is 1.50. The molecule has 0 aromatic rings. The lowest BCUT2D eigenvalue weighted by Crippen LogP contribution is -2.41. The second-order valence-corrected chi connectivity index (χ2v) is 5.60. The SMILES string of the molecule is CCCCC(CC)N[C@@H](C)C1CCCCC1. The molecular formula is C15H31N. The molecule has 1 N–H and O–H groups in total. The normalized spacial score (nSPS) is 21.9. The quantitative estimate of drug-likeness (QED) is 0.672. The molecule has 1 fully saturated rings. The van der Waals surface area contributed by atoms with Crippen molar-refractivity contribution in [3.05, 3.63) is 0 Å². The minimum Gasteiger partial charge on any atom is -0.311 e. The van der Waals surface area contributed by atoms with E-state index in [9.17, 15) is 0 Å². The predicted octanol–water partition coefficient (Wildman–Crippen LogP) is 4.51. The molecule has 1 saturated carbocycles. The smallest absolute Gasteiger partial charge is 0.00695 e. The van der Waals surface area contributed by atoms with E-state index in [0.717, 1.165) is 18.0 Å². The van der Waals surface area contributed by atoms with Crippen molar-refractivity contribution < 1.29 is 0 Å². The number of hydrogen-bond donors (Lipinski definition) is 1. The largest absolute Gasteiger partial charge is 0.311 e. The fraction of sp³-hybridized carbons (Fsp3) is 1.00. The third-order valence-corrected chi connectivity index (χ3v) is 4.25. The van der Waals surface area contributed by atoms with Crippen LogP contribution in [0.15, 0.2) is 0 Å². The summed E-state index contributed by atoms with van der Waals surface area (Å²) in [5, 5.41) is 3.87. The predicted molar refractivity (Wildman–Crippen MR) is 72.8 cm³/mol. The van der Waals surface area contributed by atoms with Gasteiger partial charge in [-0.2, -0.15) is 0 Å². The Bertz CT molecular complexity index is 161. The first-order valence-corrected chi connectivity index (χ1v) is 7.54. The summed E-state index contributed by atoms with van der Waals surface area (Å²) in [6.07, 6.45) is 12.7. The molecule has 1 rings (SSSR count).